The van der Waals surface area contributed by atoms with Crippen LogP contribution in [0.5, 0.6) is 0 Å². The predicted octanol–water partition coefficient (Wildman–Crippen LogP) is 3.55. The zero-order valence-electron chi connectivity index (χ0n) is 18.2. The third-order valence-electron chi connectivity index (χ3n) is 5.23. The first-order chi connectivity index (χ1) is 14.7. The van der Waals surface area contributed by atoms with Gasteiger partial charge in [0, 0.05) is 17.3 Å². The number of thiazole rings is 1. The lowest BCUT2D eigenvalue weighted by Crippen LogP contribution is -2.28. The number of amides is 1. The second kappa shape index (κ2) is 8.48. The molecule has 0 aliphatic heterocycles. The molecule has 1 amide bonds. The van der Waals surface area contributed by atoms with Gasteiger partial charge >= 0.3 is 0 Å². The summed E-state index contributed by atoms with van der Waals surface area (Å²) in [5.41, 5.74) is 8.37. The van der Waals surface area contributed by atoms with Crippen LogP contribution < -0.4 is 11.1 Å². The standard InChI is InChI=1S/C21H27N7OS2/c1-13-11-30-21(24-13)27-20(29)14-5-7-15(8-6-14)28-12-23-17-18(22)25-16(26-19(17)28)9-10-31(2,3)4/h11-12,14-15H,5-8H2,1-4H3,(H2,22,25,26)(H,24,27,29)/t14-,15+. The molecule has 0 unspecified atom stereocenters. The fraction of sp³-hybridized carbons (Fsp3) is 0.476. The van der Waals surface area contributed by atoms with Crippen LogP contribution in [0.15, 0.2) is 11.7 Å². The van der Waals surface area contributed by atoms with E-state index in [0.717, 1.165) is 31.4 Å². The predicted molar refractivity (Wildman–Crippen MR) is 128 cm³/mol. The molecular weight excluding hydrogens is 430 g/mol. The smallest absolute Gasteiger partial charge is 0.229 e. The van der Waals surface area contributed by atoms with E-state index >= 15 is 0 Å². The molecule has 10 heteroatoms. The highest BCUT2D eigenvalue weighted by Crippen LogP contribution is 2.35. The van der Waals surface area contributed by atoms with Crippen molar-refractivity contribution in [1.29, 1.82) is 0 Å². The van der Waals surface area contributed by atoms with Crippen molar-refractivity contribution < 1.29 is 4.79 Å². The molecule has 0 saturated heterocycles. The number of carbonyl (C=O) groups excluding carboxylic acids is 1. The molecule has 1 aliphatic rings. The Hall–Kier alpha value is -2.64. The number of imidazole rings is 1. The van der Waals surface area contributed by atoms with Crippen molar-refractivity contribution >= 4 is 49.4 Å². The monoisotopic (exact) mass is 457 g/mol. The SMILES string of the molecule is Cc1csc(NC(=O)[C@H]2CC[C@@H](n3cnc4c(N)nc(C#CS(C)(C)C)nc43)CC2)n1. The minimum absolute atomic E-state index is 0.00822. The number of fused-ring (bicyclic) bond motifs is 1. The van der Waals surface area contributed by atoms with Gasteiger partial charge in [-0.05, 0) is 62.5 Å². The molecule has 8 nitrogen and oxygen atoms in total. The van der Waals surface area contributed by atoms with E-state index in [2.05, 4.69) is 59.8 Å². The van der Waals surface area contributed by atoms with E-state index in [1.807, 2.05) is 12.3 Å². The molecule has 3 aromatic rings. The van der Waals surface area contributed by atoms with Gasteiger partial charge in [0.25, 0.3) is 0 Å². The Kier molecular flexibility index (Phi) is 5.90. The van der Waals surface area contributed by atoms with Crippen LogP contribution in [0.4, 0.5) is 10.9 Å². The summed E-state index contributed by atoms with van der Waals surface area (Å²) in [5.74, 6) is 3.90. The lowest BCUT2D eigenvalue weighted by Gasteiger charge is -2.28. The first kappa shape index (κ1) is 21.6. The summed E-state index contributed by atoms with van der Waals surface area (Å²) in [7, 11) is -0.987. The number of hydrogen-bond donors (Lipinski definition) is 2. The van der Waals surface area contributed by atoms with Gasteiger partial charge in [0.1, 0.15) is 5.52 Å². The van der Waals surface area contributed by atoms with E-state index in [4.69, 9.17) is 5.73 Å². The van der Waals surface area contributed by atoms with Crippen molar-refractivity contribution in [3.63, 3.8) is 0 Å². The molecule has 3 heterocycles. The van der Waals surface area contributed by atoms with Gasteiger partial charge in [-0.1, -0.05) is 0 Å². The number of hydrogen-bond acceptors (Lipinski definition) is 7. The van der Waals surface area contributed by atoms with E-state index in [1.54, 1.807) is 6.33 Å². The molecule has 1 aliphatic carbocycles. The summed E-state index contributed by atoms with van der Waals surface area (Å²) in [4.78, 5) is 30.3. The van der Waals surface area contributed by atoms with E-state index < -0.39 is 10.0 Å². The number of nitrogen functional groups attached to an aromatic ring is 1. The number of anilines is 2. The van der Waals surface area contributed by atoms with Crippen LogP contribution in [0, 0.1) is 24.0 Å². The molecule has 0 spiro atoms. The molecular formula is C21H27N7OS2. The van der Waals surface area contributed by atoms with E-state index in [-0.39, 0.29) is 17.9 Å². The van der Waals surface area contributed by atoms with E-state index in [9.17, 15) is 4.79 Å². The summed E-state index contributed by atoms with van der Waals surface area (Å²) in [6.07, 6.45) is 11.5. The molecule has 4 rings (SSSR count). The minimum Gasteiger partial charge on any atom is -0.382 e. The maximum absolute atomic E-state index is 12.6. The Morgan fingerprint density at radius 1 is 1.23 bits per heavy atom. The van der Waals surface area contributed by atoms with Crippen LogP contribution in [-0.4, -0.2) is 49.2 Å². The Labute approximate surface area is 187 Å². The van der Waals surface area contributed by atoms with Crippen LogP contribution in [0.25, 0.3) is 11.2 Å². The molecule has 0 bridgehead atoms. The Bertz CT molecular complexity index is 1170. The van der Waals surface area contributed by atoms with E-state index in [0.29, 0.717) is 27.9 Å². The molecule has 0 radical (unpaired) electrons. The zero-order chi connectivity index (χ0) is 22.2. The summed E-state index contributed by atoms with van der Waals surface area (Å²) >= 11 is 1.46. The number of nitrogens with zero attached hydrogens (tertiary/aromatic N) is 5. The average molecular weight is 458 g/mol. The van der Waals surface area contributed by atoms with Crippen molar-refractivity contribution in [3.8, 4) is 11.2 Å². The van der Waals surface area contributed by atoms with Gasteiger partial charge in [-0.15, -0.1) is 11.3 Å². The molecule has 0 aromatic carbocycles. The first-order valence-corrected chi connectivity index (χ1v) is 13.9. The Balaban J connectivity index is 1.49. The van der Waals surface area contributed by atoms with E-state index in [1.165, 1.54) is 11.3 Å². The fourth-order valence-electron chi connectivity index (χ4n) is 3.70. The number of aryl methyl sites for hydroxylation is 1. The summed E-state index contributed by atoms with van der Waals surface area (Å²) in [5, 5.41) is 8.79. The highest BCUT2D eigenvalue weighted by Gasteiger charge is 2.29. The molecule has 3 aromatic heterocycles. The number of nitrogens with one attached hydrogen (secondary N) is 1. The van der Waals surface area contributed by atoms with Gasteiger partial charge in [0.2, 0.25) is 11.7 Å². The third kappa shape index (κ3) is 4.99. The van der Waals surface area contributed by atoms with Gasteiger partial charge in [-0.25, -0.2) is 19.9 Å². The normalized spacial score (nSPS) is 19.6. The second-order valence-electron chi connectivity index (χ2n) is 8.61. The number of rotatable bonds is 3. The lowest BCUT2D eigenvalue weighted by molar-refractivity contribution is -0.120. The van der Waals surface area contributed by atoms with Crippen molar-refractivity contribution in [1.82, 2.24) is 24.5 Å². The highest BCUT2D eigenvalue weighted by atomic mass is 32.3. The molecule has 3 N–H and O–H groups in total. The molecule has 1 fully saturated rings. The number of carbonyl (C=O) groups is 1. The van der Waals surface area contributed by atoms with Gasteiger partial charge < -0.3 is 15.6 Å². The average Bonchev–Trinajstić information content (AvgIpc) is 3.32. The summed E-state index contributed by atoms with van der Waals surface area (Å²) in [6, 6.07) is 0.222. The van der Waals surface area contributed by atoms with Crippen molar-refractivity contribution in [3.05, 3.63) is 23.2 Å². The first-order valence-electron chi connectivity index (χ1n) is 10.1. The minimum atomic E-state index is -0.987. The molecule has 31 heavy (non-hydrogen) atoms. The van der Waals surface area contributed by atoms with Crippen LogP contribution in [0.2, 0.25) is 0 Å². The van der Waals surface area contributed by atoms with Gasteiger partial charge in [0.05, 0.1) is 12.0 Å². The third-order valence-corrected chi connectivity index (χ3v) is 6.82. The Morgan fingerprint density at radius 2 is 1.97 bits per heavy atom. The van der Waals surface area contributed by atoms with Crippen molar-refractivity contribution in [2.75, 3.05) is 29.8 Å². The highest BCUT2D eigenvalue weighted by molar-refractivity contribution is 8.35. The maximum Gasteiger partial charge on any atom is 0.229 e. The van der Waals surface area contributed by atoms with Crippen LogP contribution in [0.1, 0.15) is 43.2 Å². The largest absolute Gasteiger partial charge is 0.382 e. The lowest BCUT2D eigenvalue weighted by atomic mass is 9.85. The summed E-state index contributed by atoms with van der Waals surface area (Å²) in [6.45, 7) is 1.92. The topological polar surface area (TPSA) is 112 Å². The second-order valence-corrected chi connectivity index (χ2v) is 13.3. The summed E-state index contributed by atoms with van der Waals surface area (Å²) < 4.78 is 2.07. The van der Waals surface area contributed by atoms with Crippen LogP contribution >= 0.6 is 21.4 Å². The molecule has 1 saturated carbocycles. The number of nitrogens with two attached hydrogens (primary N) is 1. The fourth-order valence-corrected chi connectivity index (χ4v) is 4.78. The molecule has 0 atom stereocenters. The van der Waals surface area contributed by atoms with Gasteiger partial charge in [-0.3, -0.25) is 4.79 Å². The Morgan fingerprint density at radius 3 is 2.61 bits per heavy atom. The molecule has 164 valence electrons. The maximum atomic E-state index is 12.6. The van der Waals surface area contributed by atoms with Crippen LogP contribution in [-0.2, 0) is 4.79 Å². The zero-order valence-corrected chi connectivity index (χ0v) is 19.8. The van der Waals surface area contributed by atoms with Crippen LogP contribution in [0.3, 0.4) is 0 Å². The van der Waals surface area contributed by atoms with Crippen molar-refractivity contribution in [2.24, 2.45) is 5.92 Å². The van der Waals surface area contributed by atoms with Gasteiger partial charge in [-0.2, -0.15) is 10.0 Å². The number of aromatic nitrogens is 5. The van der Waals surface area contributed by atoms with Gasteiger partial charge in [0.15, 0.2) is 16.6 Å². The van der Waals surface area contributed by atoms with Crippen molar-refractivity contribution in [2.45, 2.75) is 38.6 Å². The quantitative estimate of drug-likeness (QED) is 0.582.